The highest BCUT2D eigenvalue weighted by atomic mass is 32.2. The van der Waals surface area contributed by atoms with E-state index in [2.05, 4.69) is 15.0 Å². The number of nitro groups is 4. The smallest absolute Gasteiger partial charge is 0.368 e. The molecule has 21 nitrogen and oxygen atoms in total. The SMILES string of the molecule is C[C@@]1(Cn2cc([N+](=O)[O-])nc2S(=O)(=O)c2ccc([N+](=O)[O-])cc2)CO1.O=[N+]([O-])c1ccc(S(=O)(=O)c2ncc([N+](=O)[O-])[nH]2)cc1. The first-order chi connectivity index (χ1) is 20.9. The van der Waals surface area contributed by atoms with E-state index >= 15 is 0 Å². The number of nitrogens with zero attached hydrogens (tertiary/aromatic N) is 7. The number of non-ortho nitro benzene ring substituents is 2. The summed E-state index contributed by atoms with van der Waals surface area (Å²) in [5.74, 6) is -1.17. The van der Waals surface area contributed by atoms with E-state index in [1.807, 2.05) is 0 Å². The molecule has 1 N–H and O–H groups in total. The topological polar surface area (TPSA) is 300 Å². The molecule has 1 saturated heterocycles. The van der Waals surface area contributed by atoms with Crippen LogP contribution < -0.4 is 0 Å². The third-order valence-corrected chi connectivity index (χ3v) is 9.31. The molecule has 2 aromatic carbocycles. The molecule has 0 spiro atoms. The number of H-pyrrole nitrogens is 1. The van der Waals surface area contributed by atoms with Gasteiger partial charge in [0.2, 0.25) is 0 Å². The van der Waals surface area contributed by atoms with Crippen LogP contribution in [0.3, 0.4) is 0 Å². The number of ether oxygens (including phenoxy) is 1. The molecule has 0 bridgehead atoms. The Morgan fingerprint density at radius 1 is 0.822 bits per heavy atom. The molecule has 236 valence electrons. The molecule has 0 unspecified atom stereocenters. The lowest BCUT2D eigenvalue weighted by Gasteiger charge is -2.08. The number of nitrogens with one attached hydrogen (secondary N) is 1. The third-order valence-electron chi connectivity index (χ3n) is 6.00. The molecule has 1 aliphatic rings. The summed E-state index contributed by atoms with van der Waals surface area (Å²) in [5.41, 5.74) is -1.14. The average Bonchev–Trinajstić information content (AvgIpc) is 3.35. The lowest BCUT2D eigenvalue weighted by molar-refractivity contribution is -0.389. The monoisotopic (exact) mass is 666 g/mol. The van der Waals surface area contributed by atoms with Crippen molar-refractivity contribution in [3.63, 3.8) is 0 Å². The van der Waals surface area contributed by atoms with Crippen LogP contribution in [0.25, 0.3) is 0 Å². The van der Waals surface area contributed by atoms with Gasteiger partial charge in [-0.05, 0) is 46.0 Å². The summed E-state index contributed by atoms with van der Waals surface area (Å²) >= 11 is 0. The van der Waals surface area contributed by atoms with E-state index in [9.17, 15) is 57.3 Å². The van der Waals surface area contributed by atoms with E-state index in [0.717, 1.165) is 65.5 Å². The fourth-order valence-corrected chi connectivity index (χ4v) is 6.10. The maximum Gasteiger partial charge on any atom is 0.383 e. The van der Waals surface area contributed by atoms with Crippen molar-refractivity contribution in [1.82, 2.24) is 19.5 Å². The van der Waals surface area contributed by atoms with Gasteiger partial charge in [-0.2, -0.15) is 4.98 Å². The summed E-state index contributed by atoms with van der Waals surface area (Å²) in [4.78, 5) is 48.2. The molecule has 4 aromatic rings. The van der Waals surface area contributed by atoms with Gasteiger partial charge < -0.3 is 25.0 Å². The minimum atomic E-state index is -4.20. The Balaban J connectivity index is 0.000000210. The van der Waals surface area contributed by atoms with Crippen LogP contribution in [0.5, 0.6) is 0 Å². The van der Waals surface area contributed by atoms with Crippen LogP contribution in [0, 0.1) is 40.5 Å². The summed E-state index contributed by atoms with van der Waals surface area (Å²) in [7, 11) is -8.29. The lowest BCUT2D eigenvalue weighted by atomic mass is 10.2. The second-order valence-electron chi connectivity index (χ2n) is 9.34. The molecule has 0 saturated carbocycles. The van der Waals surface area contributed by atoms with Crippen molar-refractivity contribution in [3.8, 4) is 0 Å². The quantitative estimate of drug-likeness (QED) is 0.144. The molecule has 1 atom stereocenters. The third kappa shape index (κ3) is 6.94. The molecular weight excluding hydrogens is 648 g/mol. The number of hydrogen-bond acceptors (Lipinski definition) is 15. The Bertz CT molecular complexity index is 2030. The molecule has 3 heterocycles. The minimum absolute atomic E-state index is 0.0788. The van der Waals surface area contributed by atoms with Crippen molar-refractivity contribution in [3.05, 3.63) is 101 Å². The van der Waals surface area contributed by atoms with Crippen LogP contribution in [0.1, 0.15) is 6.92 Å². The Labute approximate surface area is 250 Å². The zero-order valence-corrected chi connectivity index (χ0v) is 24.1. The second kappa shape index (κ2) is 11.8. The number of epoxide rings is 1. The molecule has 0 radical (unpaired) electrons. The van der Waals surface area contributed by atoms with Gasteiger partial charge in [-0.3, -0.25) is 24.8 Å². The molecule has 5 rings (SSSR count). The van der Waals surface area contributed by atoms with Crippen molar-refractivity contribution in [1.29, 1.82) is 0 Å². The largest absolute Gasteiger partial charge is 0.383 e. The van der Waals surface area contributed by atoms with Crippen LogP contribution in [0.15, 0.2) is 81.0 Å². The summed E-state index contributed by atoms with van der Waals surface area (Å²) < 4.78 is 56.0. The lowest BCUT2D eigenvalue weighted by Crippen LogP contribution is -2.19. The standard InChI is InChI=1S/C13H12N4O7S.C9H6N4O6S/c1-13(8-24-13)7-15-6-11(17(20)21)14-12(15)25(22,23)10-4-2-9(3-5-10)16(18)19;14-12(15)6-1-3-7(4-2-6)20(18,19)9-10-5-8(11-9)13(16)17/h2-6H,7-8H2,1H3;1-5H,(H,10,11)/t13-;/m1./s1. The highest BCUT2D eigenvalue weighted by molar-refractivity contribution is 7.91. The zero-order chi connectivity index (χ0) is 33.3. The first-order valence-corrected chi connectivity index (χ1v) is 15.0. The number of imidazole rings is 2. The second-order valence-corrected chi connectivity index (χ2v) is 13.1. The van der Waals surface area contributed by atoms with E-state index in [0.29, 0.717) is 6.61 Å². The number of hydrogen-bond donors (Lipinski definition) is 1. The number of aromatic amines is 1. The molecule has 0 aliphatic carbocycles. The van der Waals surface area contributed by atoms with Crippen LogP contribution in [-0.2, 0) is 31.0 Å². The summed E-state index contributed by atoms with van der Waals surface area (Å²) in [5, 5.41) is 41.5. The van der Waals surface area contributed by atoms with E-state index in [1.54, 1.807) is 6.92 Å². The number of rotatable bonds is 10. The molecule has 23 heteroatoms. The van der Waals surface area contributed by atoms with Gasteiger partial charge in [-0.15, -0.1) is 0 Å². The van der Waals surface area contributed by atoms with Gasteiger partial charge in [0.15, 0.2) is 0 Å². The minimum Gasteiger partial charge on any atom is -0.368 e. The number of nitro benzene ring substituents is 2. The van der Waals surface area contributed by atoms with Gasteiger partial charge >= 0.3 is 21.9 Å². The van der Waals surface area contributed by atoms with Crippen molar-refractivity contribution < 1.29 is 41.3 Å². The molecule has 2 aromatic heterocycles. The van der Waals surface area contributed by atoms with Gasteiger partial charge in [-0.25, -0.2) is 21.8 Å². The summed E-state index contributed by atoms with van der Waals surface area (Å²) in [6, 6.07) is 8.30. The number of benzene rings is 2. The molecule has 1 aliphatic heterocycles. The Hall–Kier alpha value is -5.68. The van der Waals surface area contributed by atoms with Gasteiger partial charge in [0, 0.05) is 24.3 Å². The summed E-state index contributed by atoms with van der Waals surface area (Å²) in [6.45, 7) is 2.21. The van der Waals surface area contributed by atoms with Crippen LogP contribution in [0.4, 0.5) is 23.0 Å². The van der Waals surface area contributed by atoms with Gasteiger partial charge in [0.1, 0.15) is 18.0 Å². The zero-order valence-electron chi connectivity index (χ0n) is 22.4. The van der Waals surface area contributed by atoms with Gasteiger partial charge in [0.25, 0.3) is 31.0 Å². The van der Waals surface area contributed by atoms with Crippen molar-refractivity contribution in [2.75, 3.05) is 6.61 Å². The maximum atomic E-state index is 12.8. The van der Waals surface area contributed by atoms with Crippen molar-refractivity contribution >= 4 is 42.7 Å². The fraction of sp³-hybridized carbons (Fsp3) is 0.182. The van der Waals surface area contributed by atoms with E-state index in [1.165, 1.54) is 0 Å². The van der Waals surface area contributed by atoms with E-state index in [-0.39, 0.29) is 27.7 Å². The Kier molecular flexibility index (Phi) is 8.44. The fourth-order valence-electron chi connectivity index (χ4n) is 3.61. The Morgan fingerprint density at radius 3 is 1.71 bits per heavy atom. The van der Waals surface area contributed by atoms with Crippen LogP contribution in [0.2, 0.25) is 0 Å². The maximum absolute atomic E-state index is 12.8. The van der Waals surface area contributed by atoms with Crippen molar-refractivity contribution in [2.45, 2.75) is 39.2 Å². The van der Waals surface area contributed by atoms with Crippen molar-refractivity contribution in [2.24, 2.45) is 0 Å². The highest BCUT2D eigenvalue weighted by Crippen LogP contribution is 2.32. The molecular formula is C22H18N8O13S2. The van der Waals surface area contributed by atoms with Crippen LogP contribution >= 0.6 is 0 Å². The predicted molar refractivity (Wildman–Crippen MR) is 146 cm³/mol. The molecule has 1 fully saturated rings. The van der Waals surface area contributed by atoms with Gasteiger partial charge in [-0.1, -0.05) is 0 Å². The first kappa shape index (κ1) is 32.2. The van der Waals surface area contributed by atoms with E-state index < -0.39 is 66.9 Å². The average molecular weight is 667 g/mol. The number of sulfone groups is 2. The molecule has 0 amide bonds. The predicted octanol–water partition coefficient (Wildman–Crippen LogP) is 2.38. The van der Waals surface area contributed by atoms with Gasteiger partial charge in [0.05, 0.1) is 32.8 Å². The number of aromatic nitrogens is 4. The highest BCUT2D eigenvalue weighted by Gasteiger charge is 2.43. The van der Waals surface area contributed by atoms with E-state index in [4.69, 9.17) is 4.74 Å². The first-order valence-electron chi connectivity index (χ1n) is 12.0. The summed E-state index contributed by atoms with van der Waals surface area (Å²) in [6.07, 6.45) is 1.81. The Morgan fingerprint density at radius 2 is 1.31 bits per heavy atom. The normalized spacial score (nSPS) is 15.8. The van der Waals surface area contributed by atoms with Crippen LogP contribution in [-0.4, -0.2) is 68.3 Å². The molecule has 45 heavy (non-hydrogen) atoms.